The van der Waals surface area contributed by atoms with Crippen LogP contribution in [0.15, 0.2) is 277 Å². The lowest BCUT2D eigenvalue weighted by Gasteiger charge is -2.26. The Balaban J connectivity index is 0.862. The molecule has 2 aliphatic rings. The molecule has 7 heteroatoms. The van der Waals surface area contributed by atoms with Crippen molar-refractivity contribution in [1.82, 2.24) is 24.4 Å². The Morgan fingerprint density at radius 1 is 0.392 bits per heavy atom. The van der Waals surface area contributed by atoms with Gasteiger partial charge in [-0.05, 0) is 98.8 Å². The topological polar surface area (TPSA) is 60.0 Å². The van der Waals surface area contributed by atoms with Crippen LogP contribution in [-0.2, 0) is 0 Å². The van der Waals surface area contributed by atoms with Crippen LogP contribution in [0.1, 0.15) is 11.1 Å². The van der Waals surface area contributed by atoms with Crippen LogP contribution in [0.5, 0.6) is 0 Å². The van der Waals surface area contributed by atoms with E-state index in [2.05, 4.69) is 269 Å². The minimum atomic E-state index is -0.0756. The summed E-state index contributed by atoms with van der Waals surface area (Å²) in [4.78, 5) is 18.6. The molecule has 5 heterocycles. The average molecular weight is 1030 g/mol. The molecule has 1 unspecified atom stereocenters. The lowest BCUT2D eigenvalue weighted by molar-refractivity contribution is 0.835. The minimum Gasteiger partial charge on any atom is -0.344 e. The summed E-state index contributed by atoms with van der Waals surface area (Å²) in [5, 5.41) is 12.1. The molecule has 16 rings (SSSR count). The van der Waals surface area contributed by atoms with Crippen LogP contribution in [0.25, 0.3) is 126 Å². The molecule has 0 spiro atoms. The first-order chi connectivity index (χ1) is 39.2. The minimum absolute atomic E-state index is 0.0756. The number of benzene rings is 11. The summed E-state index contributed by atoms with van der Waals surface area (Å²) < 4.78 is 4.62. The number of hydrogen-bond acceptors (Lipinski definition) is 5. The van der Waals surface area contributed by atoms with Crippen LogP contribution in [0.3, 0.4) is 0 Å². The van der Waals surface area contributed by atoms with Crippen molar-refractivity contribution in [2.45, 2.75) is 6.04 Å². The SMILES string of the molecule is C1=C(c2ccccc2)SC2=C(c3ccccc3)N=C(n3c4ccc(-c5cccc(-c6ccc7c(c6)c6ccccc6n7-c6nc(-c7ccccc7)c7ccccc7n6)c5)cc4c4c5ccccc5cc(-c5ccccc5)c43)NC12. The maximum absolute atomic E-state index is 5.68. The Kier molecular flexibility index (Phi) is 10.5. The van der Waals surface area contributed by atoms with Gasteiger partial charge in [-0.2, -0.15) is 0 Å². The second-order valence-electron chi connectivity index (χ2n) is 20.4. The number of para-hydroxylation sites is 2. The summed E-state index contributed by atoms with van der Waals surface area (Å²) in [5.41, 5.74) is 17.3. The van der Waals surface area contributed by atoms with Gasteiger partial charge in [-0.1, -0.05) is 224 Å². The summed E-state index contributed by atoms with van der Waals surface area (Å²) in [6.45, 7) is 0. The quantitative estimate of drug-likeness (QED) is 0.173. The monoisotopic (exact) mass is 1030 g/mol. The number of aliphatic imine (C=N–C) groups is 1. The Morgan fingerprint density at radius 2 is 0.949 bits per heavy atom. The number of fused-ring (bicyclic) bond motifs is 10. The maximum Gasteiger partial charge on any atom is 0.235 e. The Labute approximate surface area is 460 Å². The zero-order valence-corrected chi connectivity index (χ0v) is 43.4. The first kappa shape index (κ1) is 45.1. The van der Waals surface area contributed by atoms with Crippen molar-refractivity contribution in [2.75, 3.05) is 0 Å². The van der Waals surface area contributed by atoms with Gasteiger partial charge in [-0.15, -0.1) is 0 Å². The van der Waals surface area contributed by atoms with Gasteiger partial charge >= 0.3 is 0 Å². The predicted molar refractivity (Wildman–Crippen MR) is 331 cm³/mol. The number of aromatic nitrogens is 4. The molecule has 0 bridgehead atoms. The molecular weight excluding hydrogens is 981 g/mol. The van der Waals surface area contributed by atoms with Crippen molar-refractivity contribution < 1.29 is 0 Å². The van der Waals surface area contributed by atoms with E-state index in [0.29, 0.717) is 5.95 Å². The van der Waals surface area contributed by atoms with Crippen LogP contribution in [0.2, 0.25) is 0 Å². The van der Waals surface area contributed by atoms with E-state index >= 15 is 0 Å². The Hall–Kier alpha value is -10.1. The van der Waals surface area contributed by atoms with Crippen LogP contribution in [0, 0.1) is 0 Å². The molecule has 79 heavy (non-hydrogen) atoms. The lowest BCUT2D eigenvalue weighted by Crippen LogP contribution is -2.40. The van der Waals surface area contributed by atoms with Crippen molar-refractivity contribution in [2.24, 2.45) is 4.99 Å². The van der Waals surface area contributed by atoms with Gasteiger partial charge in [0.1, 0.15) is 0 Å². The van der Waals surface area contributed by atoms with E-state index < -0.39 is 0 Å². The predicted octanol–water partition coefficient (Wildman–Crippen LogP) is 18.0. The van der Waals surface area contributed by atoms with Gasteiger partial charge in [0.2, 0.25) is 11.9 Å². The molecule has 14 aromatic rings. The third-order valence-corrected chi connectivity index (χ3v) is 17.0. The van der Waals surface area contributed by atoms with E-state index in [1.165, 1.54) is 31.5 Å². The lowest BCUT2D eigenvalue weighted by atomic mass is 9.94. The van der Waals surface area contributed by atoms with E-state index in [-0.39, 0.29) is 6.04 Å². The molecule has 6 nitrogen and oxygen atoms in total. The largest absolute Gasteiger partial charge is 0.344 e. The molecule has 2 aliphatic heterocycles. The number of nitrogens with zero attached hydrogens (tertiary/aromatic N) is 5. The van der Waals surface area contributed by atoms with Crippen molar-refractivity contribution >= 4 is 93.6 Å². The number of nitrogens with one attached hydrogen (secondary N) is 1. The highest BCUT2D eigenvalue weighted by atomic mass is 32.2. The smallest absolute Gasteiger partial charge is 0.235 e. The fourth-order valence-corrected chi connectivity index (χ4v) is 13.3. The van der Waals surface area contributed by atoms with Gasteiger partial charge in [0, 0.05) is 53.4 Å². The van der Waals surface area contributed by atoms with E-state index in [1.807, 2.05) is 23.9 Å². The molecule has 370 valence electrons. The van der Waals surface area contributed by atoms with Crippen molar-refractivity contribution in [1.29, 1.82) is 0 Å². The standard InChI is InChI=1S/C72H46N6S/c1-5-20-45(21-6-1)57-43-53-28-13-14-31-54(53)66-59-42-52(37-39-64(59)78(69(57)66)72-74-61-44-65(46-22-7-2-8-23-46)79-70(61)68(76-72)48-26-11-4-12-27-48)50-30-19-29-49(40-50)51-36-38-63-58(41-51)55-32-16-18-35-62(55)77(63)71-73-60-34-17-15-33-56(60)67(75-71)47-24-9-3-10-25-47/h1-44,61H,(H,74,76). The normalized spacial score (nSPS) is 14.4. The molecule has 0 amide bonds. The van der Waals surface area contributed by atoms with Gasteiger partial charge < -0.3 is 5.32 Å². The fraction of sp³-hybridized carbons (Fsp3) is 0.0139. The summed E-state index contributed by atoms with van der Waals surface area (Å²) in [5.74, 6) is 1.44. The van der Waals surface area contributed by atoms with Gasteiger partial charge in [0.05, 0.1) is 45.0 Å². The Bertz CT molecular complexity index is 4880. The molecule has 0 saturated carbocycles. The fourth-order valence-electron chi connectivity index (χ4n) is 12.1. The average Bonchev–Trinajstić information content (AvgIpc) is 4.38. The highest BCUT2D eigenvalue weighted by Gasteiger charge is 2.34. The van der Waals surface area contributed by atoms with Crippen molar-refractivity contribution in [3.05, 3.63) is 283 Å². The van der Waals surface area contributed by atoms with Crippen molar-refractivity contribution in [3.8, 4) is 50.6 Å². The number of hydrogen-bond donors (Lipinski definition) is 1. The van der Waals surface area contributed by atoms with Crippen LogP contribution in [-0.4, -0.2) is 31.1 Å². The van der Waals surface area contributed by atoms with E-state index in [9.17, 15) is 0 Å². The molecule has 1 atom stereocenters. The van der Waals surface area contributed by atoms with Crippen LogP contribution < -0.4 is 5.32 Å². The second-order valence-corrected chi connectivity index (χ2v) is 21.4. The summed E-state index contributed by atoms with van der Waals surface area (Å²) >= 11 is 1.81. The first-order valence-electron chi connectivity index (χ1n) is 26.8. The summed E-state index contributed by atoms with van der Waals surface area (Å²) in [6.07, 6.45) is 2.37. The van der Waals surface area contributed by atoms with E-state index in [4.69, 9.17) is 15.0 Å². The Morgan fingerprint density at radius 3 is 1.68 bits per heavy atom. The molecular formula is C72H46N6S. The molecule has 0 saturated heterocycles. The van der Waals surface area contributed by atoms with Gasteiger partial charge in [0.25, 0.3) is 0 Å². The molecule has 11 aromatic carbocycles. The molecule has 1 N–H and O–H groups in total. The van der Waals surface area contributed by atoms with Crippen molar-refractivity contribution in [3.63, 3.8) is 0 Å². The zero-order chi connectivity index (χ0) is 52.0. The second kappa shape index (κ2) is 18.3. The summed E-state index contributed by atoms with van der Waals surface area (Å²) in [6, 6.07) is 93.4. The van der Waals surface area contributed by atoms with Gasteiger partial charge in [-0.25, -0.2) is 15.0 Å². The third kappa shape index (κ3) is 7.46. The first-order valence-corrected chi connectivity index (χ1v) is 27.6. The zero-order valence-electron chi connectivity index (χ0n) is 42.6. The summed E-state index contributed by atoms with van der Waals surface area (Å²) in [7, 11) is 0. The maximum atomic E-state index is 5.68. The highest BCUT2D eigenvalue weighted by molar-refractivity contribution is 8.12. The highest BCUT2D eigenvalue weighted by Crippen LogP contribution is 2.49. The van der Waals surface area contributed by atoms with Gasteiger partial charge in [0.15, 0.2) is 0 Å². The van der Waals surface area contributed by atoms with Crippen LogP contribution in [0.4, 0.5) is 0 Å². The van der Waals surface area contributed by atoms with E-state index in [1.54, 1.807) is 0 Å². The number of thioether (sulfide) groups is 1. The molecule has 0 aliphatic carbocycles. The van der Waals surface area contributed by atoms with E-state index in [0.717, 1.165) is 111 Å². The van der Waals surface area contributed by atoms with Crippen LogP contribution >= 0.6 is 11.8 Å². The molecule has 0 radical (unpaired) electrons. The van der Waals surface area contributed by atoms with Gasteiger partial charge in [-0.3, -0.25) is 9.13 Å². The number of rotatable bonds is 7. The third-order valence-electron chi connectivity index (χ3n) is 15.8. The molecule has 3 aromatic heterocycles. The molecule has 0 fully saturated rings.